The van der Waals surface area contributed by atoms with E-state index in [0.29, 0.717) is 12.6 Å². The van der Waals surface area contributed by atoms with Gasteiger partial charge in [0, 0.05) is 19.1 Å². The van der Waals surface area contributed by atoms with E-state index in [0.717, 1.165) is 38.8 Å². The fraction of sp³-hybridized carbons (Fsp3) is 1.00. The molecule has 2 saturated heterocycles. The molecule has 148 valence electrons. The zero-order valence-corrected chi connectivity index (χ0v) is 18.4. The van der Waals surface area contributed by atoms with Gasteiger partial charge in [0.15, 0.2) is 0 Å². The first-order chi connectivity index (χ1) is 11.6. The van der Waals surface area contributed by atoms with Crippen LogP contribution in [0, 0.1) is 5.41 Å². The average molecular weight is 373 g/mol. The minimum Gasteiger partial charge on any atom is -0.316 e. The van der Waals surface area contributed by atoms with Gasteiger partial charge in [-0.25, -0.2) is 4.67 Å². The molecule has 4 nitrogen and oxygen atoms in total. The summed E-state index contributed by atoms with van der Waals surface area (Å²) >= 11 is 0. The van der Waals surface area contributed by atoms with E-state index in [1.807, 2.05) is 0 Å². The number of nitrogens with zero attached hydrogens (tertiary/aromatic N) is 2. The van der Waals surface area contributed by atoms with Crippen molar-refractivity contribution in [3.05, 3.63) is 0 Å². The minimum atomic E-state index is -2.84. The number of hydrogen-bond donors (Lipinski definition) is 0. The van der Waals surface area contributed by atoms with Crippen molar-refractivity contribution < 1.29 is 9.09 Å². The third-order valence-electron chi connectivity index (χ3n) is 5.88. The second-order valence-corrected chi connectivity index (χ2v) is 13.0. The third-order valence-corrected chi connectivity index (χ3v) is 9.19. The van der Waals surface area contributed by atoms with Gasteiger partial charge in [0.25, 0.3) is 7.52 Å². The summed E-state index contributed by atoms with van der Waals surface area (Å²) in [5.41, 5.74) is 0.0868. The van der Waals surface area contributed by atoms with Crippen molar-refractivity contribution in [2.75, 3.05) is 32.8 Å². The molecule has 0 N–H and O–H groups in total. The molecule has 2 aliphatic rings. The Hall–Kier alpha value is 0.110. The van der Waals surface area contributed by atoms with Gasteiger partial charge in [-0.2, -0.15) is 0 Å². The van der Waals surface area contributed by atoms with Crippen molar-refractivity contribution in [3.8, 4) is 0 Å². The van der Waals surface area contributed by atoms with E-state index in [1.165, 1.54) is 25.9 Å². The van der Waals surface area contributed by atoms with Gasteiger partial charge in [-0.15, -0.1) is 0 Å². The first kappa shape index (κ1) is 21.4. The van der Waals surface area contributed by atoms with Crippen molar-refractivity contribution >= 4 is 7.52 Å². The lowest BCUT2D eigenvalue weighted by Gasteiger charge is -2.44. The van der Waals surface area contributed by atoms with Gasteiger partial charge in [-0.05, 0) is 71.4 Å². The number of rotatable bonds is 7. The topological polar surface area (TPSA) is 32.8 Å². The molecule has 2 aliphatic heterocycles. The van der Waals surface area contributed by atoms with E-state index in [2.05, 4.69) is 51.1 Å². The predicted molar refractivity (Wildman–Crippen MR) is 107 cm³/mol. The highest BCUT2D eigenvalue weighted by Crippen LogP contribution is 2.62. The van der Waals surface area contributed by atoms with Crippen LogP contribution in [0.2, 0.25) is 0 Å². The first-order valence-corrected chi connectivity index (χ1v) is 11.9. The van der Waals surface area contributed by atoms with Crippen molar-refractivity contribution in [1.82, 2.24) is 9.57 Å². The summed E-state index contributed by atoms with van der Waals surface area (Å²) < 4.78 is 22.4. The van der Waals surface area contributed by atoms with E-state index in [9.17, 15) is 4.57 Å². The number of likely N-dealkylation sites (tertiary alicyclic amines) is 1. The van der Waals surface area contributed by atoms with Crippen molar-refractivity contribution in [2.45, 2.75) is 91.3 Å². The molecule has 0 amide bonds. The van der Waals surface area contributed by atoms with Crippen LogP contribution in [-0.4, -0.2) is 53.6 Å². The molecule has 5 heteroatoms. The zero-order chi connectivity index (χ0) is 18.7. The van der Waals surface area contributed by atoms with Crippen LogP contribution >= 0.6 is 7.52 Å². The fourth-order valence-electron chi connectivity index (χ4n) is 4.30. The molecule has 0 bridgehead atoms. The molecule has 1 unspecified atom stereocenters. The van der Waals surface area contributed by atoms with Gasteiger partial charge in [-0.1, -0.05) is 27.2 Å². The summed E-state index contributed by atoms with van der Waals surface area (Å²) in [5.74, 6) is 0. The second kappa shape index (κ2) is 8.42. The van der Waals surface area contributed by atoms with Crippen LogP contribution in [0.5, 0.6) is 0 Å². The maximum absolute atomic E-state index is 14.0. The summed E-state index contributed by atoms with van der Waals surface area (Å²) in [5, 5.41) is -0.338. The molecule has 25 heavy (non-hydrogen) atoms. The highest BCUT2D eigenvalue weighted by Gasteiger charge is 2.46. The highest BCUT2D eigenvalue weighted by molar-refractivity contribution is 7.58. The van der Waals surface area contributed by atoms with Gasteiger partial charge >= 0.3 is 0 Å². The van der Waals surface area contributed by atoms with E-state index in [-0.39, 0.29) is 10.6 Å². The van der Waals surface area contributed by atoms with Crippen LogP contribution in [0.25, 0.3) is 0 Å². The molecule has 1 atom stereocenters. The van der Waals surface area contributed by atoms with Gasteiger partial charge in [0.1, 0.15) is 0 Å². The van der Waals surface area contributed by atoms with Gasteiger partial charge in [-0.3, -0.25) is 4.57 Å². The van der Waals surface area contributed by atoms with Crippen LogP contribution in [0.1, 0.15) is 80.1 Å². The predicted octanol–water partition coefficient (Wildman–Crippen LogP) is 5.38. The Morgan fingerprint density at radius 2 is 1.56 bits per heavy atom. The Labute approximate surface area is 156 Å². The minimum absolute atomic E-state index is 0.0868. The van der Waals surface area contributed by atoms with E-state index in [1.54, 1.807) is 0 Å². The number of hydrogen-bond acceptors (Lipinski definition) is 3. The Kier molecular flexibility index (Phi) is 7.21. The summed E-state index contributed by atoms with van der Waals surface area (Å²) in [6, 6.07) is 0.684. The molecule has 0 saturated carbocycles. The SMILES string of the molecule is CCCC(C)(C)COP(=O)(N1CCC(N2CCCC2)CC1)C(C)(C)C. The molecule has 2 heterocycles. The van der Waals surface area contributed by atoms with Crippen LogP contribution in [-0.2, 0) is 9.09 Å². The smallest absolute Gasteiger partial charge is 0.277 e. The standard InChI is InChI=1S/C20H41N2O2P/c1-7-12-20(5,6)17-24-25(23,19(2,3)4)22-15-10-18(11-16-22)21-13-8-9-14-21/h18H,7-17H2,1-6H3. The Bertz CT molecular complexity index is 459. The van der Waals surface area contributed by atoms with E-state index < -0.39 is 7.52 Å². The maximum atomic E-state index is 14.0. The summed E-state index contributed by atoms with van der Waals surface area (Å²) in [6.07, 6.45) is 7.18. The Morgan fingerprint density at radius 1 is 1.00 bits per heavy atom. The highest BCUT2D eigenvalue weighted by atomic mass is 31.2. The van der Waals surface area contributed by atoms with Crippen molar-refractivity contribution in [2.24, 2.45) is 5.41 Å². The third kappa shape index (κ3) is 5.31. The van der Waals surface area contributed by atoms with Gasteiger partial charge < -0.3 is 9.42 Å². The zero-order valence-electron chi connectivity index (χ0n) is 17.5. The van der Waals surface area contributed by atoms with E-state index >= 15 is 0 Å². The fourth-order valence-corrected chi connectivity index (χ4v) is 6.98. The lowest BCUT2D eigenvalue weighted by Crippen LogP contribution is -2.45. The Morgan fingerprint density at radius 3 is 2.04 bits per heavy atom. The molecule has 0 aromatic rings. The van der Waals surface area contributed by atoms with Crippen molar-refractivity contribution in [1.29, 1.82) is 0 Å². The molecular formula is C20H41N2O2P. The van der Waals surface area contributed by atoms with Crippen LogP contribution in [0.3, 0.4) is 0 Å². The van der Waals surface area contributed by atoms with Crippen LogP contribution in [0.4, 0.5) is 0 Å². The van der Waals surface area contributed by atoms with Gasteiger partial charge in [0.2, 0.25) is 0 Å². The molecule has 2 fully saturated rings. The van der Waals surface area contributed by atoms with Gasteiger partial charge in [0.05, 0.1) is 11.8 Å². The monoisotopic (exact) mass is 372 g/mol. The maximum Gasteiger partial charge on any atom is 0.277 e. The van der Waals surface area contributed by atoms with Crippen molar-refractivity contribution in [3.63, 3.8) is 0 Å². The number of piperidine rings is 1. The largest absolute Gasteiger partial charge is 0.316 e. The average Bonchev–Trinajstić information content (AvgIpc) is 3.06. The lowest BCUT2D eigenvalue weighted by molar-refractivity contribution is 0.124. The first-order valence-electron chi connectivity index (χ1n) is 10.3. The second-order valence-electron chi connectivity index (χ2n) is 9.81. The van der Waals surface area contributed by atoms with E-state index in [4.69, 9.17) is 4.52 Å². The quantitative estimate of drug-likeness (QED) is 0.562. The molecule has 0 radical (unpaired) electrons. The molecule has 0 aliphatic carbocycles. The Balaban J connectivity index is 2.01. The lowest BCUT2D eigenvalue weighted by atomic mass is 9.89. The molecule has 2 rings (SSSR count). The molecule has 0 spiro atoms. The summed E-state index contributed by atoms with van der Waals surface area (Å²) in [6.45, 7) is 17.8. The molecule has 0 aromatic heterocycles. The molecular weight excluding hydrogens is 331 g/mol. The summed E-state index contributed by atoms with van der Waals surface area (Å²) in [7, 11) is -2.84. The summed E-state index contributed by atoms with van der Waals surface area (Å²) in [4.78, 5) is 2.64. The normalized spacial score (nSPS) is 24.6. The van der Waals surface area contributed by atoms with Crippen LogP contribution in [0.15, 0.2) is 0 Å². The van der Waals surface area contributed by atoms with Crippen LogP contribution < -0.4 is 0 Å². The molecule has 0 aromatic carbocycles.